The van der Waals surface area contributed by atoms with Gasteiger partial charge in [-0.1, -0.05) is 12.1 Å². The Morgan fingerprint density at radius 3 is 2.40 bits per heavy atom. The monoisotopic (exact) mass is 338 g/mol. The highest BCUT2D eigenvalue weighted by molar-refractivity contribution is 9.10. The highest BCUT2D eigenvalue weighted by Crippen LogP contribution is 2.26. The summed E-state index contributed by atoms with van der Waals surface area (Å²) in [5, 5.41) is 6.39. The molecule has 0 radical (unpaired) electrons. The van der Waals surface area contributed by atoms with Gasteiger partial charge in [0, 0.05) is 13.1 Å². The smallest absolute Gasteiger partial charge is 0.145 e. The maximum absolute atomic E-state index is 12.8. The van der Waals surface area contributed by atoms with Gasteiger partial charge < -0.3 is 10.6 Å². The lowest BCUT2D eigenvalue weighted by atomic mass is 10.1. The van der Waals surface area contributed by atoms with Gasteiger partial charge in [0.05, 0.1) is 0 Å². The fourth-order valence-corrected chi connectivity index (χ4v) is 2.25. The van der Waals surface area contributed by atoms with Crippen LogP contribution in [0.3, 0.4) is 0 Å². The van der Waals surface area contributed by atoms with E-state index in [1.54, 1.807) is 12.1 Å². The molecule has 0 aliphatic heterocycles. The first kappa shape index (κ1) is 14.7. The Bertz CT molecular complexity index is 560. The number of benzene rings is 1. The number of aromatic nitrogens is 2. The van der Waals surface area contributed by atoms with Crippen LogP contribution in [-0.4, -0.2) is 23.1 Å². The van der Waals surface area contributed by atoms with Crippen LogP contribution in [0.5, 0.6) is 0 Å². The summed E-state index contributed by atoms with van der Waals surface area (Å²) in [5.74, 6) is 1.31. The average Bonchev–Trinajstić information content (AvgIpc) is 2.45. The molecule has 0 spiro atoms. The van der Waals surface area contributed by atoms with E-state index in [-0.39, 0.29) is 5.82 Å². The molecule has 20 heavy (non-hydrogen) atoms. The molecule has 0 aliphatic carbocycles. The first-order valence-electron chi connectivity index (χ1n) is 6.43. The van der Waals surface area contributed by atoms with E-state index >= 15 is 0 Å². The Kier molecular flexibility index (Phi) is 5.29. The predicted molar refractivity (Wildman–Crippen MR) is 82.5 cm³/mol. The molecule has 0 saturated heterocycles. The van der Waals surface area contributed by atoms with Crippen molar-refractivity contribution < 1.29 is 4.39 Å². The van der Waals surface area contributed by atoms with Crippen molar-refractivity contribution in [3.05, 3.63) is 46.4 Å². The highest BCUT2D eigenvalue weighted by Gasteiger charge is 2.07. The normalized spacial score (nSPS) is 10.3. The zero-order valence-electron chi connectivity index (χ0n) is 11.2. The minimum absolute atomic E-state index is 0.212. The first-order valence-corrected chi connectivity index (χ1v) is 7.22. The minimum Gasteiger partial charge on any atom is -0.369 e. The fourth-order valence-electron chi connectivity index (χ4n) is 1.76. The molecule has 0 unspecified atom stereocenters. The number of nitrogens with zero attached hydrogens (tertiary/aromatic N) is 2. The van der Waals surface area contributed by atoms with Crippen LogP contribution < -0.4 is 10.6 Å². The molecule has 0 aliphatic rings. The molecular formula is C14H16BrFN4. The molecule has 1 aromatic heterocycles. The maximum Gasteiger partial charge on any atom is 0.145 e. The molecule has 2 aromatic rings. The van der Waals surface area contributed by atoms with E-state index in [1.165, 1.54) is 18.5 Å². The molecule has 1 heterocycles. The topological polar surface area (TPSA) is 49.8 Å². The summed E-state index contributed by atoms with van der Waals surface area (Å²) in [6.45, 7) is 3.52. The molecule has 2 rings (SSSR count). The van der Waals surface area contributed by atoms with Crippen molar-refractivity contribution in [3.63, 3.8) is 0 Å². The number of anilines is 2. The molecule has 1 aromatic carbocycles. The third-order valence-corrected chi connectivity index (χ3v) is 3.50. The molecule has 0 bridgehead atoms. The quantitative estimate of drug-likeness (QED) is 0.846. The van der Waals surface area contributed by atoms with Crippen molar-refractivity contribution in [2.24, 2.45) is 0 Å². The van der Waals surface area contributed by atoms with Crippen molar-refractivity contribution in [1.82, 2.24) is 9.97 Å². The molecule has 0 atom stereocenters. The van der Waals surface area contributed by atoms with Gasteiger partial charge in [-0.05, 0) is 47.0 Å². The molecule has 0 fully saturated rings. The van der Waals surface area contributed by atoms with Gasteiger partial charge in [0.15, 0.2) is 0 Å². The zero-order valence-corrected chi connectivity index (χ0v) is 12.7. The van der Waals surface area contributed by atoms with Crippen LogP contribution >= 0.6 is 15.9 Å². The van der Waals surface area contributed by atoms with Crippen molar-refractivity contribution >= 4 is 27.6 Å². The van der Waals surface area contributed by atoms with Gasteiger partial charge in [-0.25, -0.2) is 14.4 Å². The van der Waals surface area contributed by atoms with Crippen molar-refractivity contribution in [3.8, 4) is 0 Å². The van der Waals surface area contributed by atoms with E-state index in [2.05, 4.69) is 36.5 Å². The minimum atomic E-state index is -0.212. The van der Waals surface area contributed by atoms with Crippen LogP contribution in [0.4, 0.5) is 16.0 Å². The Hall–Kier alpha value is -1.69. The van der Waals surface area contributed by atoms with E-state index in [9.17, 15) is 4.39 Å². The molecule has 0 amide bonds. The standard InChI is InChI=1S/C14H16BrFN4/c1-2-17-13-12(15)14(20-9-19-13)18-8-7-10-3-5-11(16)6-4-10/h3-6,9H,2,7-8H2,1H3,(H2,17,18,19,20). The van der Waals surface area contributed by atoms with Gasteiger partial charge in [0.1, 0.15) is 28.3 Å². The Morgan fingerprint density at radius 2 is 1.75 bits per heavy atom. The van der Waals surface area contributed by atoms with Crippen LogP contribution in [-0.2, 0) is 6.42 Å². The number of halogens is 2. The Morgan fingerprint density at radius 1 is 1.10 bits per heavy atom. The van der Waals surface area contributed by atoms with Crippen molar-refractivity contribution in [2.75, 3.05) is 23.7 Å². The summed E-state index contributed by atoms with van der Waals surface area (Å²) in [5.41, 5.74) is 1.08. The SMILES string of the molecule is CCNc1ncnc(NCCc2ccc(F)cc2)c1Br. The number of nitrogens with one attached hydrogen (secondary N) is 2. The number of hydrogen-bond donors (Lipinski definition) is 2. The van der Waals surface area contributed by atoms with Gasteiger partial charge in [-0.3, -0.25) is 0 Å². The summed E-state index contributed by atoms with van der Waals surface area (Å²) in [6.07, 6.45) is 2.32. The zero-order chi connectivity index (χ0) is 14.4. The van der Waals surface area contributed by atoms with Gasteiger partial charge >= 0.3 is 0 Å². The Balaban J connectivity index is 1.94. The van der Waals surface area contributed by atoms with Crippen LogP contribution in [0.2, 0.25) is 0 Å². The van der Waals surface area contributed by atoms with E-state index in [1.807, 2.05) is 6.92 Å². The largest absolute Gasteiger partial charge is 0.369 e. The first-order chi connectivity index (χ1) is 9.70. The van der Waals surface area contributed by atoms with Gasteiger partial charge in [-0.15, -0.1) is 0 Å². The average molecular weight is 339 g/mol. The van der Waals surface area contributed by atoms with Gasteiger partial charge in [-0.2, -0.15) is 0 Å². The lowest BCUT2D eigenvalue weighted by Gasteiger charge is -2.10. The fraction of sp³-hybridized carbons (Fsp3) is 0.286. The molecular weight excluding hydrogens is 323 g/mol. The maximum atomic E-state index is 12.8. The molecule has 4 nitrogen and oxygen atoms in total. The highest BCUT2D eigenvalue weighted by atomic mass is 79.9. The predicted octanol–water partition coefficient (Wildman–Crippen LogP) is 3.46. The lowest BCUT2D eigenvalue weighted by molar-refractivity contribution is 0.627. The van der Waals surface area contributed by atoms with Crippen molar-refractivity contribution in [2.45, 2.75) is 13.3 Å². The summed E-state index contributed by atoms with van der Waals surface area (Å²) >= 11 is 3.48. The third kappa shape index (κ3) is 3.90. The summed E-state index contributed by atoms with van der Waals surface area (Å²) in [6, 6.07) is 6.52. The summed E-state index contributed by atoms with van der Waals surface area (Å²) < 4.78 is 13.6. The molecule has 106 valence electrons. The Labute approximate surface area is 126 Å². The van der Waals surface area contributed by atoms with E-state index < -0.39 is 0 Å². The van der Waals surface area contributed by atoms with Crippen LogP contribution in [0.25, 0.3) is 0 Å². The van der Waals surface area contributed by atoms with E-state index in [4.69, 9.17) is 0 Å². The third-order valence-electron chi connectivity index (χ3n) is 2.75. The van der Waals surface area contributed by atoms with Gasteiger partial charge in [0.25, 0.3) is 0 Å². The molecule has 0 saturated carbocycles. The van der Waals surface area contributed by atoms with Crippen LogP contribution in [0.1, 0.15) is 12.5 Å². The van der Waals surface area contributed by atoms with E-state index in [0.29, 0.717) is 6.54 Å². The lowest BCUT2D eigenvalue weighted by Crippen LogP contribution is -2.09. The van der Waals surface area contributed by atoms with Gasteiger partial charge in [0.2, 0.25) is 0 Å². The molecule has 6 heteroatoms. The number of rotatable bonds is 6. The second kappa shape index (κ2) is 7.19. The summed E-state index contributed by atoms with van der Waals surface area (Å²) in [7, 11) is 0. The van der Waals surface area contributed by atoms with Crippen molar-refractivity contribution in [1.29, 1.82) is 0 Å². The summed E-state index contributed by atoms with van der Waals surface area (Å²) in [4.78, 5) is 8.35. The van der Waals surface area contributed by atoms with Crippen LogP contribution in [0.15, 0.2) is 35.1 Å². The second-order valence-corrected chi connectivity index (χ2v) is 5.01. The number of hydrogen-bond acceptors (Lipinski definition) is 4. The van der Waals surface area contributed by atoms with E-state index in [0.717, 1.165) is 34.6 Å². The molecule has 2 N–H and O–H groups in total. The second-order valence-electron chi connectivity index (χ2n) is 4.22. The van der Waals surface area contributed by atoms with Crippen LogP contribution in [0, 0.1) is 5.82 Å².